The maximum Gasteiger partial charge on any atom is 0.101 e. The van der Waals surface area contributed by atoms with E-state index in [4.69, 9.17) is 0 Å². The predicted molar refractivity (Wildman–Crippen MR) is 69.8 cm³/mol. The van der Waals surface area contributed by atoms with Crippen LogP contribution in [0.2, 0.25) is 0 Å². The summed E-state index contributed by atoms with van der Waals surface area (Å²) in [5, 5.41) is 9.98. The first kappa shape index (κ1) is 12.6. The second kappa shape index (κ2) is 4.41. The molecule has 0 amide bonds. The highest BCUT2D eigenvalue weighted by molar-refractivity contribution is 5.21. The van der Waals surface area contributed by atoms with E-state index in [1.54, 1.807) is 13.8 Å². The van der Waals surface area contributed by atoms with Crippen molar-refractivity contribution in [2.24, 2.45) is 5.41 Å². The smallest absolute Gasteiger partial charge is 0.101 e. The molecule has 0 saturated heterocycles. The lowest BCUT2D eigenvalue weighted by molar-refractivity contribution is 0.0737. The molecular formula is C15H23NO. The van der Waals surface area contributed by atoms with Crippen LogP contribution in [0.3, 0.4) is 0 Å². The molecule has 17 heavy (non-hydrogen) atoms. The van der Waals surface area contributed by atoms with Crippen LogP contribution in [0.4, 0.5) is 0 Å². The number of rotatable bonds is 3. The number of aliphatic hydroxyl groups is 1. The van der Waals surface area contributed by atoms with Gasteiger partial charge >= 0.3 is 0 Å². The van der Waals surface area contributed by atoms with Crippen molar-refractivity contribution in [2.75, 3.05) is 0 Å². The van der Waals surface area contributed by atoms with Crippen LogP contribution >= 0.6 is 0 Å². The summed E-state index contributed by atoms with van der Waals surface area (Å²) in [5.74, 6) is 0. The Kier molecular flexibility index (Phi) is 3.26. The van der Waals surface area contributed by atoms with Gasteiger partial charge in [-0.05, 0) is 56.2 Å². The molecule has 1 aliphatic carbocycles. The summed E-state index contributed by atoms with van der Waals surface area (Å²) in [6.45, 7) is 5.96. The molecule has 1 aromatic heterocycles. The van der Waals surface area contributed by atoms with Crippen molar-refractivity contribution in [3.63, 3.8) is 0 Å². The molecule has 94 valence electrons. The Balaban J connectivity index is 2.17. The van der Waals surface area contributed by atoms with Crippen LogP contribution in [0.15, 0.2) is 18.3 Å². The van der Waals surface area contributed by atoms with Gasteiger partial charge in [0, 0.05) is 6.20 Å². The first-order valence-electron chi connectivity index (χ1n) is 6.57. The van der Waals surface area contributed by atoms with Crippen LogP contribution < -0.4 is 0 Å². The van der Waals surface area contributed by atoms with E-state index in [1.807, 2.05) is 6.20 Å². The average Bonchev–Trinajstić information content (AvgIpc) is 2.64. The summed E-state index contributed by atoms with van der Waals surface area (Å²) in [5.41, 5.74) is 1.70. The van der Waals surface area contributed by atoms with Crippen LogP contribution in [0.5, 0.6) is 0 Å². The highest BCUT2D eigenvalue weighted by atomic mass is 16.3. The molecule has 0 aliphatic heterocycles. The van der Waals surface area contributed by atoms with Crippen molar-refractivity contribution >= 4 is 0 Å². The van der Waals surface area contributed by atoms with Crippen LogP contribution in [0.1, 0.15) is 57.7 Å². The zero-order valence-electron chi connectivity index (χ0n) is 11.2. The van der Waals surface area contributed by atoms with E-state index < -0.39 is 5.60 Å². The second-order valence-corrected chi connectivity index (χ2v) is 6.30. The van der Waals surface area contributed by atoms with Gasteiger partial charge in [-0.25, -0.2) is 0 Å². The van der Waals surface area contributed by atoms with E-state index in [0.717, 1.165) is 12.1 Å². The topological polar surface area (TPSA) is 33.1 Å². The summed E-state index contributed by atoms with van der Waals surface area (Å²) >= 11 is 0. The lowest BCUT2D eigenvalue weighted by Crippen LogP contribution is -2.19. The zero-order chi connectivity index (χ0) is 12.5. The molecule has 0 aromatic carbocycles. The molecule has 0 atom stereocenters. The standard InChI is InChI=1S/C15H23NO/c1-14(2,17)13-10-12(6-9-16-13)11-15(3)7-4-5-8-15/h6,9-10,17H,4-5,7-8,11H2,1-3H3. The summed E-state index contributed by atoms with van der Waals surface area (Å²) in [4.78, 5) is 4.26. The number of hydrogen-bond acceptors (Lipinski definition) is 2. The number of nitrogens with zero attached hydrogens (tertiary/aromatic N) is 1. The van der Waals surface area contributed by atoms with Crippen LogP contribution in [-0.2, 0) is 12.0 Å². The fourth-order valence-corrected chi connectivity index (χ4v) is 2.82. The van der Waals surface area contributed by atoms with Crippen LogP contribution in [0.25, 0.3) is 0 Å². The van der Waals surface area contributed by atoms with Gasteiger partial charge in [0.1, 0.15) is 5.60 Å². The van der Waals surface area contributed by atoms with Crippen molar-refractivity contribution in [3.8, 4) is 0 Å². The van der Waals surface area contributed by atoms with Crippen molar-refractivity contribution in [1.82, 2.24) is 4.98 Å². The quantitative estimate of drug-likeness (QED) is 0.867. The summed E-state index contributed by atoms with van der Waals surface area (Å²) in [6.07, 6.45) is 8.31. The highest BCUT2D eigenvalue weighted by Gasteiger charge is 2.29. The Morgan fingerprint density at radius 1 is 1.35 bits per heavy atom. The molecule has 0 unspecified atom stereocenters. The lowest BCUT2D eigenvalue weighted by atomic mass is 9.82. The molecule has 1 saturated carbocycles. The molecule has 0 radical (unpaired) electrons. The molecule has 2 nitrogen and oxygen atoms in total. The predicted octanol–water partition coefficient (Wildman–Crippen LogP) is 3.43. The second-order valence-electron chi connectivity index (χ2n) is 6.30. The normalized spacial score (nSPS) is 19.5. The molecule has 2 heteroatoms. The average molecular weight is 233 g/mol. The third-order valence-electron chi connectivity index (χ3n) is 3.89. The minimum Gasteiger partial charge on any atom is -0.384 e. The van der Waals surface area contributed by atoms with E-state index in [1.165, 1.54) is 31.2 Å². The summed E-state index contributed by atoms with van der Waals surface area (Å²) in [7, 11) is 0. The minimum atomic E-state index is -0.841. The van der Waals surface area contributed by atoms with E-state index in [-0.39, 0.29) is 0 Å². The zero-order valence-corrected chi connectivity index (χ0v) is 11.2. The van der Waals surface area contributed by atoms with Gasteiger partial charge in [0.25, 0.3) is 0 Å². The van der Waals surface area contributed by atoms with Gasteiger partial charge in [-0.15, -0.1) is 0 Å². The highest BCUT2D eigenvalue weighted by Crippen LogP contribution is 2.40. The monoisotopic (exact) mass is 233 g/mol. The molecule has 2 rings (SSSR count). The van der Waals surface area contributed by atoms with Gasteiger partial charge in [-0.1, -0.05) is 19.8 Å². The van der Waals surface area contributed by atoms with E-state index in [2.05, 4.69) is 24.0 Å². The Morgan fingerprint density at radius 3 is 2.59 bits per heavy atom. The van der Waals surface area contributed by atoms with E-state index in [0.29, 0.717) is 5.41 Å². The molecule has 1 fully saturated rings. The van der Waals surface area contributed by atoms with Gasteiger partial charge in [-0.3, -0.25) is 4.98 Å². The maximum atomic E-state index is 9.98. The molecule has 1 aliphatic rings. The Bertz CT molecular complexity index is 386. The SMILES string of the molecule is CC1(Cc2ccnc(C(C)(C)O)c2)CCCC1. The molecule has 1 aromatic rings. The summed E-state index contributed by atoms with van der Waals surface area (Å²) in [6, 6.07) is 4.14. The van der Waals surface area contributed by atoms with Crippen molar-refractivity contribution < 1.29 is 5.11 Å². The van der Waals surface area contributed by atoms with Crippen LogP contribution in [0, 0.1) is 5.41 Å². The van der Waals surface area contributed by atoms with E-state index >= 15 is 0 Å². The van der Waals surface area contributed by atoms with Gasteiger partial charge < -0.3 is 5.11 Å². The van der Waals surface area contributed by atoms with Crippen LogP contribution in [-0.4, -0.2) is 10.1 Å². The van der Waals surface area contributed by atoms with E-state index in [9.17, 15) is 5.11 Å². The third kappa shape index (κ3) is 3.06. The number of pyridine rings is 1. The van der Waals surface area contributed by atoms with Gasteiger partial charge in [0.15, 0.2) is 0 Å². The molecule has 0 bridgehead atoms. The number of hydrogen-bond donors (Lipinski definition) is 1. The number of aromatic nitrogens is 1. The van der Waals surface area contributed by atoms with Crippen molar-refractivity contribution in [3.05, 3.63) is 29.6 Å². The largest absolute Gasteiger partial charge is 0.384 e. The fraction of sp³-hybridized carbons (Fsp3) is 0.667. The fourth-order valence-electron chi connectivity index (χ4n) is 2.82. The Hall–Kier alpha value is -0.890. The molecule has 1 N–H and O–H groups in total. The first-order valence-corrected chi connectivity index (χ1v) is 6.57. The minimum absolute atomic E-state index is 0.457. The van der Waals surface area contributed by atoms with Gasteiger partial charge in [0.05, 0.1) is 5.69 Å². The van der Waals surface area contributed by atoms with Crippen molar-refractivity contribution in [1.29, 1.82) is 0 Å². The Morgan fingerprint density at radius 2 is 2.00 bits per heavy atom. The van der Waals surface area contributed by atoms with Crippen molar-refractivity contribution in [2.45, 2.75) is 58.5 Å². The Labute approximate surface area is 104 Å². The first-order chi connectivity index (χ1) is 7.89. The lowest BCUT2D eigenvalue weighted by Gasteiger charge is -2.24. The maximum absolute atomic E-state index is 9.98. The summed E-state index contributed by atoms with van der Waals surface area (Å²) < 4.78 is 0. The van der Waals surface area contributed by atoms with Gasteiger partial charge in [0.2, 0.25) is 0 Å². The van der Waals surface area contributed by atoms with Gasteiger partial charge in [-0.2, -0.15) is 0 Å². The molecular weight excluding hydrogens is 210 g/mol. The third-order valence-corrected chi connectivity index (χ3v) is 3.89. The molecule has 1 heterocycles. The molecule has 0 spiro atoms.